The predicted molar refractivity (Wildman–Crippen MR) is 144 cm³/mol. The molecule has 5 heterocycles. The Morgan fingerprint density at radius 2 is 1.77 bits per heavy atom. The van der Waals surface area contributed by atoms with E-state index in [1.807, 2.05) is 25.7 Å². The van der Waals surface area contributed by atoms with Crippen molar-refractivity contribution in [1.29, 1.82) is 0 Å². The minimum Gasteiger partial charge on any atom is -0.305 e. The Bertz CT molecular complexity index is 1710. The first kappa shape index (κ1) is 25.7. The molecule has 0 saturated carbocycles. The molecule has 0 radical (unpaired) electrons. The van der Waals surface area contributed by atoms with E-state index in [1.165, 1.54) is 24.4 Å². The van der Waals surface area contributed by atoms with Gasteiger partial charge >= 0.3 is 0 Å². The van der Waals surface area contributed by atoms with Crippen LogP contribution in [-0.2, 0) is 6.54 Å². The summed E-state index contributed by atoms with van der Waals surface area (Å²) >= 11 is 0. The van der Waals surface area contributed by atoms with Gasteiger partial charge in [0, 0.05) is 47.4 Å². The molecule has 2 aliphatic heterocycles. The maximum Gasteiger partial charge on any atom is 0.283 e. The number of rotatable bonds is 5. The highest BCUT2D eigenvalue weighted by molar-refractivity contribution is 6.18. The zero-order chi connectivity index (χ0) is 28.3. The molecule has 1 aromatic carbocycles. The highest BCUT2D eigenvalue weighted by Gasteiger charge is 2.46. The number of carbonyl (C=O) groups excluding carboxylic acids is 1. The molecule has 3 aromatic heterocycles. The molecule has 0 bridgehead atoms. The quantitative estimate of drug-likeness (QED) is 0.344. The average Bonchev–Trinajstić information content (AvgIpc) is 3.43. The van der Waals surface area contributed by atoms with Gasteiger partial charge in [0.15, 0.2) is 5.69 Å². The van der Waals surface area contributed by atoms with Crippen molar-refractivity contribution < 1.29 is 18.0 Å². The van der Waals surface area contributed by atoms with E-state index in [2.05, 4.69) is 15.0 Å². The zero-order valence-corrected chi connectivity index (χ0v) is 22.4. The molecule has 0 spiro atoms. The van der Waals surface area contributed by atoms with Crippen LogP contribution in [0.3, 0.4) is 0 Å². The second kappa shape index (κ2) is 9.29. The van der Waals surface area contributed by atoms with Gasteiger partial charge in [-0.05, 0) is 52.0 Å². The summed E-state index contributed by atoms with van der Waals surface area (Å²) in [5.74, 6) is -1.26. The number of fused-ring (bicyclic) bond motifs is 3. The highest BCUT2D eigenvalue weighted by Crippen LogP contribution is 2.39. The van der Waals surface area contributed by atoms with Crippen molar-refractivity contribution in [2.45, 2.75) is 39.8 Å². The van der Waals surface area contributed by atoms with Gasteiger partial charge < -0.3 is 4.57 Å². The van der Waals surface area contributed by atoms with Crippen LogP contribution in [0, 0.1) is 24.4 Å². The van der Waals surface area contributed by atoms with E-state index < -0.39 is 23.0 Å². The number of halogens is 3. The summed E-state index contributed by atoms with van der Waals surface area (Å²) in [5, 5.41) is 0. The van der Waals surface area contributed by atoms with Crippen molar-refractivity contribution in [3.05, 3.63) is 83.2 Å². The maximum atomic E-state index is 15.5. The number of aromatic nitrogens is 4. The molecule has 0 unspecified atom stereocenters. The van der Waals surface area contributed by atoms with Gasteiger partial charge in [-0.3, -0.25) is 24.6 Å². The van der Waals surface area contributed by atoms with Crippen molar-refractivity contribution in [3.8, 4) is 22.6 Å². The zero-order valence-electron chi connectivity index (χ0n) is 22.4. The number of imidazole rings is 1. The summed E-state index contributed by atoms with van der Waals surface area (Å²) in [6.45, 7) is 8.30. The van der Waals surface area contributed by atoms with Gasteiger partial charge in [0.2, 0.25) is 5.96 Å². The molecule has 1 amide bonds. The SMILES string of the molecule is CCN1C(=O)c2nc(-c3cnc(-c4ccnc(C)c4)c(F)c3)n(Cc3ccc(F)cc3F)c2N2CC(C)(C)N=C12. The Hall–Kier alpha value is -4.54. The van der Waals surface area contributed by atoms with Crippen LogP contribution in [0.15, 0.2) is 53.8 Å². The first-order chi connectivity index (χ1) is 19.1. The van der Waals surface area contributed by atoms with E-state index in [0.29, 0.717) is 36.0 Å². The number of nitrogens with zero attached hydrogens (tertiary/aromatic N) is 7. The molecular weight excluding hydrogens is 519 g/mol. The highest BCUT2D eigenvalue weighted by atomic mass is 19.1. The van der Waals surface area contributed by atoms with Crippen LogP contribution in [0.25, 0.3) is 22.6 Å². The number of hydrogen-bond donors (Lipinski definition) is 0. The molecular formula is C29H26F3N7O. The van der Waals surface area contributed by atoms with Gasteiger partial charge in [-0.25, -0.2) is 23.1 Å². The molecule has 11 heteroatoms. The lowest BCUT2D eigenvalue weighted by molar-refractivity contribution is 0.0841. The average molecular weight is 546 g/mol. The number of carbonyl (C=O) groups is 1. The largest absolute Gasteiger partial charge is 0.305 e. The number of amides is 1. The van der Waals surface area contributed by atoms with Crippen LogP contribution >= 0.6 is 0 Å². The molecule has 0 aliphatic carbocycles. The Balaban J connectivity index is 1.55. The molecule has 0 N–H and O–H groups in total. The molecule has 2 aliphatic rings. The minimum absolute atomic E-state index is 0.0830. The summed E-state index contributed by atoms with van der Waals surface area (Å²) in [7, 11) is 0. The number of aliphatic imine (C=N–C) groups is 1. The smallest absolute Gasteiger partial charge is 0.283 e. The second-order valence-corrected chi connectivity index (χ2v) is 10.5. The first-order valence-corrected chi connectivity index (χ1v) is 12.9. The van der Waals surface area contributed by atoms with E-state index in [9.17, 15) is 13.6 Å². The number of benzene rings is 1. The summed E-state index contributed by atoms with van der Waals surface area (Å²) in [4.78, 5) is 35.0. The fraction of sp³-hybridized carbons (Fsp3) is 0.276. The van der Waals surface area contributed by atoms with Crippen molar-refractivity contribution in [2.24, 2.45) is 4.99 Å². The third-order valence-electron chi connectivity index (χ3n) is 7.00. The van der Waals surface area contributed by atoms with Crippen molar-refractivity contribution in [2.75, 3.05) is 18.0 Å². The summed E-state index contributed by atoms with van der Waals surface area (Å²) in [5.41, 5.74) is 1.56. The Labute approximate surface area is 228 Å². The maximum absolute atomic E-state index is 15.5. The number of guanidine groups is 1. The predicted octanol–water partition coefficient (Wildman–Crippen LogP) is 5.21. The third kappa shape index (κ3) is 4.21. The van der Waals surface area contributed by atoms with E-state index in [1.54, 1.807) is 34.7 Å². The molecule has 0 saturated heterocycles. The van der Waals surface area contributed by atoms with Gasteiger partial charge in [0.1, 0.15) is 34.8 Å². The molecule has 204 valence electrons. The van der Waals surface area contributed by atoms with Gasteiger partial charge in [-0.1, -0.05) is 6.07 Å². The van der Waals surface area contributed by atoms with Crippen LogP contribution in [0.5, 0.6) is 0 Å². The first-order valence-electron chi connectivity index (χ1n) is 12.9. The lowest BCUT2D eigenvalue weighted by atomic mass is 10.1. The van der Waals surface area contributed by atoms with E-state index in [0.717, 1.165) is 11.8 Å². The van der Waals surface area contributed by atoms with E-state index in [4.69, 9.17) is 4.99 Å². The summed E-state index contributed by atoms with van der Waals surface area (Å²) in [6, 6.07) is 8.03. The van der Waals surface area contributed by atoms with Crippen molar-refractivity contribution in [1.82, 2.24) is 24.4 Å². The normalized spacial score (nSPS) is 15.8. The molecule has 4 aromatic rings. The second-order valence-electron chi connectivity index (χ2n) is 10.5. The van der Waals surface area contributed by atoms with Gasteiger partial charge in [-0.15, -0.1) is 0 Å². The number of aryl methyl sites for hydroxylation is 1. The lowest BCUT2D eigenvalue weighted by Gasteiger charge is -2.34. The summed E-state index contributed by atoms with van der Waals surface area (Å²) in [6.07, 6.45) is 3.06. The molecule has 40 heavy (non-hydrogen) atoms. The topological polar surface area (TPSA) is 79.5 Å². The van der Waals surface area contributed by atoms with Crippen LogP contribution in [0.2, 0.25) is 0 Å². The third-order valence-corrected chi connectivity index (χ3v) is 7.00. The number of anilines is 1. The molecule has 6 rings (SSSR count). The molecule has 0 atom stereocenters. The Morgan fingerprint density at radius 3 is 2.48 bits per heavy atom. The fourth-order valence-electron chi connectivity index (χ4n) is 5.22. The van der Waals surface area contributed by atoms with Crippen LogP contribution in [0.1, 0.15) is 42.5 Å². The van der Waals surface area contributed by atoms with Crippen molar-refractivity contribution >= 4 is 17.7 Å². The Morgan fingerprint density at radius 1 is 0.975 bits per heavy atom. The standard InChI is InChI=1S/C29H26F3N7O/c1-5-37-27(40)24-26(39-15-29(3,4)36-28(37)39)38(14-18-6-7-20(30)12-21(18)31)25(35-24)19-11-22(32)23(34-13-19)17-8-9-33-16(2)10-17/h6-13H,5,14-15H2,1-4H3. The molecule has 0 fully saturated rings. The lowest BCUT2D eigenvalue weighted by Crippen LogP contribution is -2.51. The van der Waals surface area contributed by atoms with Crippen LogP contribution in [0.4, 0.5) is 19.0 Å². The van der Waals surface area contributed by atoms with E-state index >= 15 is 4.39 Å². The summed E-state index contributed by atoms with van der Waals surface area (Å²) < 4.78 is 45.7. The van der Waals surface area contributed by atoms with E-state index in [-0.39, 0.29) is 35.2 Å². The van der Waals surface area contributed by atoms with Gasteiger partial charge in [-0.2, -0.15) is 0 Å². The van der Waals surface area contributed by atoms with Crippen molar-refractivity contribution in [3.63, 3.8) is 0 Å². The fourth-order valence-corrected chi connectivity index (χ4v) is 5.22. The van der Waals surface area contributed by atoms with Crippen LogP contribution in [-0.4, -0.2) is 54.9 Å². The van der Waals surface area contributed by atoms with Gasteiger partial charge in [0.05, 0.1) is 18.6 Å². The Kier molecular flexibility index (Phi) is 5.97. The molecule has 8 nitrogen and oxygen atoms in total. The van der Waals surface area contributed by atoms with Crippen LogP contribution < -0.4 is 4.90 Å². The monoisotopic (exact) mass is 545 g/mol. The number of hydrogen-bond acceptors (Lipinski definition) is 6. The minimum atomic E-state index is -0.742. The number of pyridine rings is 2. The van der Waals surface area contributed by atoms with Gasteiger partial charge in [0.25, 0.3) is 5.91 Å².